The van der Waals surface area contributed by atoms with Crippen molar-refractivity contribution in [2.75, 3.05) is 0 Å². The van der Waals surface area contributed by atoms with Crippen LogP contribution in [0.1, 0.15) is 30.1 Å². The number of carbonyl (C=O) groups excluding carboxylic acids is 1. The van der Waals surface area contributed by atoms with Gasteiger partial charge in [0.2, 0.25) is 0 Å². The molecule has 0 amide bonds. The molecule has 2 heterocycles. The maximum atomic E-state index is 11.0. The van der Waals surface area contributed by atoms with E-state index in [0.29, 0.717) is 12.2 Å². The first-order valence-corrected chi connectivity index (χ1v) is 6.46. The highest BCUT2D eigenvalue weighted by Gasteiger charge is 2.22. The van der Waals surface area contributed by atoms with Crippen LogP contribution in [0.25, 0.3) is 10.9 Å². The Hall–Kier alpha value is -1.61. The fourth-order valence-corrected chi connectivity index (χ4v) is 2.75. The van der Waals surface area contributed by atoms with Crippen molar-refractivity contribution in [3.8, 4) is 0 Å². The molecule has 2 aromatic rings. The van der Waals surface area contributed by atoms with E-state index in [-0.39, 0.29) is 0 Å². The quantitative estimate of drug-likeness (QED) is 0.776. The van der Waals surface area contributed by atoms with Crippen molar-refractivity contribution >= 4 is 17.2 Å². The summed E-state index contributed by atoms with van der Waals surface area (Å²) in [6.07, 6.45) is 5.90. The molecule has 0 spiro atoms. The zero-order valence-electron chi connectivity index (χ0n) is 10.5. The number of ether oxygens (including phenoxy) is 1. The number of rotatable bonds is 3. The molecule has 18 heavy (non-hydrogen) atoms. The monoisotopic (exact) mass is 243 g/mol. The first-order chi connectivity index (χ1) is 8.78. The van der Waals surface area contributed by atoms with Crippen molar-refractivity contribution in [1.82, 2.24) is 4.57 Å². The number of nitrogens with zero attached hydrogens (tertiary/aromatic N) is 1. The molecule has 3 nitrogen and oxygen atoms in total. The summed E-state index contributed by atoms with van der Waals surface area (Å²) in [7, 11) is 0. The third-order valence-electron chi connectivity index (χ3n) is 3.69. The highest BCUT2D eigenvalue weighted by molar-refractivity contribution is 5.97. The van der Waals surface area contributed by atoms with Crippen molar-refractivity contribution in [3.05, 3.63) is 36.0 Å². The second-order valence-electron chi connectivity index (χ2n) is 5.01. The van der Waals surface area contributed by atoms with Crippen molar-refractivity contribution in [1.29, 1.82) is 0 Å². The summed E-state index contributed by atoms with van der Waals surface area (Å²) in [6, 6.07) is 7.85. The third-order valence-corrected chi connectivity index (χ3v) is 3.69. The predicted octanol–water partition coefficient (Wildman–Crippen LogP) is 3.02. The molecule has 1 saturated heterocycles. The first kappa shape index (κ1) is 11.5. The van der Waals surface area contributed by atoms with E-state index in [4.69, 9.17) is 4.74 Å². The maximum Gasteiger partial charge on any atom is 0.150 e. The predicted molar refractivity (Wildman–Crippen MR) is 70.9 cm³/mol. The normalized spacial score (nSPS) is 23.6. The topological polar surface area (TPSA) is 31.2 Å². The van der Waals surface area contributed by atoms with E-state index in [0.717, 1.165) is 42.1 Å². The number of benzene rings is 1. The van der Waals surface area contributed by atoms with Crippen LogP contribution in [0.3, 0.4) is 0 Å². The van der Waals surface area contributed by atoms with E-state index < -0.39 is 0 Å². The minimum atomic E-state index is 0.301. The van der Waals surface area contributed by atoms with Crippen LogP contribution in [0.15, 0.2) is 30.5 Å². The smallest absolute Gasteiger partial charge is 0.150 e. The van der Waals surface area contributed by atoms with Crippen molar-refractivity contribution in [2.24, 2.45) is 0 Å². The van der Waals surface area contributed by atoms with Crippen LogP contribution in [0.4, 0.5) is 0 Å². The summed E-state index contributed by atoms with van der Waals surface area (Å²) in [5, 5.41) is 1.03. The lowest BCUT2D eigenvalue weighted by molar-refractivity contribution is 0.0465. The minimum Gasteiger partial charge on any atom is -0.373 e. The van der Waals surface area contributed by atoms with Gasteiger partial charge in [-0.3, -0.25) is 4.79 Å². The van der Waals surface area contributed by atoms with Gasteiger partial charge >= 0.3 is 0 Å². The zero-order chi connectivity index (χ0) is 12.5. The van der Waals surface area contributed by atoms with Gasteiger partial charge in [-0.1, -0.05) is 12.1 Å². The molecule has 1 aliphatic rings. The molecular weight excluding hydrogens is 226 g/mol. The Labute approximate surface area is 106 Å². The van der Waals surface area contributed by atoms with Gasteiger partial charge in [-0.25, -0.2) is 0 Å². The SMILES string of the molecule is CC1CCC(Cn2ccc3c(C=O)cccc32)O1. The van der Waals surface area contributed by atoms with Crippen LogP contribution in [0, 0.1) is 0 Å². The molecule has 94 valence electrons. The standard InChI is InChI=1S/C15H17NO2/c1-11-5-6-13(18-11)9-16-8-7-14-12(10-17)3-2-4-15(14)16/h2-4,7-8,10-11,13H,5-6,9H2,1H3. The van der Waals surface area contributed by atoms with Gasteiger partial charge in [0.05, 0.1) is 12.2 Å². The van der Waals surface area contributed by atoms with E-state index in [9.17, 15) is 4.79 Å². The highest BCUT2D eigenvalue weighted by Crippen LogP contribution is 2.24. The average Bonchev–Trinajstić information content (AvgIpc) is 2.97. The minimum absolute atomic E-state index is 0.301. The lowest BCUT2D eigenvalue weighted by atomic mass is 10.1. The molecule has 0 N–H and O–H groups in total. The van der Waals surface area contributed by atoms with E-state index in [1.807, 2.05) is 24.4 Å². The lowest BCUT2D eigenvalue weighted by Crippen LogP contribution is -2.15. The van der Waals surface area contributed by atoms with E-state index in [1.165, 1.54) is 0 Å². The van der Waals surface area contributed by atoms with Gasteiger partial charge < -0.3 is 9.30 Å². The fourth-order valence-electron chi connectivity index (χ4n) is 2.75. The van der Waals surface area contributed by atoms with Gasteiger partial charge in [-0.2, -0.15) is 0 Å². The van der Waals surface area contributed by atoms with Gasteiger partial charge in [0.15, 0.2) is 6.29 Å². The second-order valence-corrected chi connectivity index (χ2v) is 5.01. The van der Waals surface area contributed by atoms with E-state index >= 15 is 0 Å². The molecule has 0 radical (unpaired) electrons. The summed E-state index contributed by atoms with van der Waals surface area (Å²) in [5.74, 6) is 0. The molecule has 1 aromatic carbocycles. The first-order valence-electron chi connectivity index (χ1n) is 6.46. The Morgan fingerprint density at radius 1 is 1.39 bits per heavy atom. The molecule has 3 rings (SSSR count). The van der Waals surface area contributed by atoms with Crippen LogP contribution < -0.4 is 0 Å². The number of hydrogen-bond donors (Lipinski definition) is 0. The Kier molecular flexibility index (Phi) is 2.92. The molecule has 0 aliphatic carbocycles. The van der Waals surface area contributed by atoms with Crippen LogP contribution in [0.2, 0.25) is 0 Å². The van der Waals surface area contributed by atoms with Gasteiger partial charge in [0.25, 0.3) is 0 Å². The summed E-state index contributed by atoms with van der Waals surface area (Å²) < 4.78 is 8.04. The number of fused-ring (bicyclic) bond motifs is 1. The van der Waals surface area contributed by atoms with Gasteiger partial charge in [-0.15, -0.1) is 0 Å². The number of aromatic nitrogens is 1. The Morgan fingerprint density at radius 3 is 3.00 bits per heavy atom. The maximum absolute atomic E-state index is 11.0. The van der Waals surface area contributed by atoms with Crippen LogP contribution in [-0.2, 0) is 11.3 Å². The molecule has 0 bridgehead atoms. The zero-order valence-corrected chi connectivity index (χ0v) is 10.5. The number of hydrogen-bond acceptors (Lipinski definition) is 2. The molecule has 2 unspecified atom stereocenters. The summed E-state index contributed by atoms with van der Waals surface area (Å²) in [4.78, 5) is 11.0. The second kappa shape index (κ2) is 4.58. The van der Waals surface area contributed by atoms with Crippen LogP contribution in [0.5, 0.6) is 0 Å². The largest absolute Gasteiger partial charge is 0.373 e. The number of carbonyl (C=O) groups is 1. The summed E-state index contributed by atoms with van der Waals surface area (Å²) in [5.41, 5.74) is 1.87. The molecular formula is C15H17NO2. The van der Waals surface area contributed by atoms with Gasteiger partial charge in [-0.05, 0) is 31.9 Å². The van der Waals surface area contributed by atoms with Crippen molar-refractivity contribution in [2.45, 2.75) is 38.5 Å². The molecule has 0 saturated carbocycles. The lowest BCUT2D eigenvalue weighted by Gasteiger charge is -2.13. The molecule has 1 fully saturated rings. The highest BCUT2D eigenvalue weighted by atomic mass is 16.5. The fraction of sp³-hybridized carbons (Fsp3) is 0.400. The van der Waals surface area contributed by atoms with Crippen molar-refractivity contribution < 1.29 is 9.53 Å². The van der Waals surface area contributed by atoms with Gasteiger partial charge in [0.1, 0.15) is 0 Å². The number of aldehydes is 1. The Morgan fingerprint density at radius 2 is 2.28 bits per heavy atom. The van der Waals surface area contributed by atoms with Gasteiger partial charge in [0, 0.05) is 29.2 Å². The summed E-state index contributed by atoms with van der Waals surface area (Å²) >= 11 is 0. The Bertz CT molecular complexity index is 573. The van der Waals surface area contributed by atoms with Crippen LogP contribution in [-0.4, -0.2) is 23.1 Å². The third kappa shape index (κ3) is 1.95. The Balaban J connectivity index is 1.91. The summed E-state index contributed by atoms with van der Waals surface area (Å²) in [6.45, 7) is 2.99. The molecule has 1 aliphatic heterocycles. The van der Waals surface area contributed by atoms with E-state index in [1.54, 1.807) is 0 Å². The molecule has 3 heteroatoms. The van der Waals surface area contributed by atoms with Crippen molar-refractivity contribution in [3.63, 3.8) is 0 Å². The molecule has 1 aromatic heterocycles. The van der Waals surface area contributed by atoms with Crippen LogP contribution >= 0.6 is 0 Å². The molecule has 2 atom stereocenters. The average molecular weight is 243 g/mol. The van der Waals surface area contributed by atoms with E-state index in [2.05, 4.69) is 17.6 Å².